The quantitative estimate of drug-likeness (QED) is 0.129. The Hall–Kier alpha value is -6.58. The second-order valence-corrected chi connectivity index (χ2v) is 13.7. The van der Waals surface area contributed by atoms with Crippen LogP contribution in [-0.4, -0.2) is 6.71 Å². The van der Waals surface area contributed by atoms with E-state index in [0.717, 1.165) is 11.4 Å². The molecule has 0 atom stereocenters. The van der Waals surface area contributed by atoms with Crippen LogP contribution in [0.4, 0.5) is 34.1 Å². The molecule has 0 saturated heterocycles. The number of benzene rings is 8. The van der Waals surface area contributed by atoms with Crippen LogP contribution in [0, 0.1) is 0 Å². The summed E-state index contributed by atoms with van der Waals surface area (Å²) in [5, 5.41) is 0. The number of nitrogens with zero attached hydrogens (tertiary/aromatic N) is 2. The number of hydrogen-bond donors (Lipinski definition) is 0. The third-order valence-corrected chi connectivity index (χ3v) is 11.0. The summed E-state index contributed by atoms with van der Waals surface area (Å²) >= 11 is 0. The van der Waals surface area contributed by atoms with Crippen molar-refractivity contribution in [3.8, 4) is 0 Å². The second-order valence-electron chi connectivity index (χ2n) is 13.7. The molecule has 0 N–H and O–H groups in total. The molecule has 2 nitrogen and oxygen atoms in total. The lowest BCUT2D eigenvalue weighted by Crippen LogP contribution is -2.61. The average molecular weight is 663 g/mol. The predicted octanol–water partition coefficient (Wildman–Crippen LogP) is 10.2. The van der Waals surface area contributed by atoms with E-state index in [2.05, 4.69) is 222 Å². The van der Waals surface area contributed by atoms with Gasteiger partial charge in [0.1, 0.15) is 0 Å². The molecule has 2 aliphatic rings. The van der Waals surface area contributed by atoms with Crippen LogP contribution >= 0.6 is 0 Å². The highest BCUT2D eigenvalue weighted by atomic mass is 15.2. The first kappa shape index (κ1) is 30.3. The molecule has 244 valence electrons. The summed E-state index contributed by atoms with van der Waals surface area (Å²) < 4.78 is 0. The van der Waals surface area contributed by atoms with Crippen LogP contribution < -0.4 is 26.2 Å². The standard InChI is InChI=1S/C49H35BN2/c1-5-18-36(19-6-1)49(37-20-7-2-8-21-37,38-22-9-3-10-23-38)39-32-34-41(35-33-39)52-45-29-16-14-27-43(45)50-42-26-13-15-28-44(42)51(40-24-11-4-12-25-40)46-30-17-31-47(52)48(46)50/h1-35H. The maximum absolute atomic E-state index is 2.47. The summed E-state index contributed by atoms with van der Waals surface area (Å²) in [6, 6.07) is 77.6. The molecule has 8 aromatic carbocycles. The first-order valence-electron chi connectivity index (χ1n) is 18.1. The van der Waals surface area contributed by atoms with Crippen molar-refractivity contribution in [3.05, 3.63) is 235 Å². The van der Waals surface area contributed by atoms with Gasteiger partial charge in [0.05, 0.1) is 5.41 Å². The van der Waals surface area contributed by atoms with Crippen molar-refractivity contribution in [1.29, 1.82) is 0 Å². The average Bonchev–Trinajstić information content (AvgIpc) is 3.23. The lowest BCUT2D eigenvalue weighted by Gasteiger charge is -2.44. The number of para-hydroxylation sites is 3. The van der Waals surface area contributed by atoms with E-state index in [0.29, 0.717) is 0 Å². The molecule has 10 rings (SSSR count). The lowest BCUT2D eigenvalue weighted by atomic mass is 9.33. The van der Waals surface area contributed by atoms with Gasteiger partial charge in [-0.3, -0.25) is 0 Å². The molecule has 0 saturated carbocycles. The van der Waals surface area contributed by atoms with Crippen molar-refractivity contribution in [3.63, 3.8) is 0 Å². The monoisotopic (exact) mass is 662 g/mol. The van der Waals surface area contributed by atoms with Gasteiger partial charge in [0.25, 0.3) is 6.71 Å². The fraction of sp³-hybridized carbons (Fsp3) is 0.0204. The molecule has 0 amide bonds. The zero-order valence-corrected chi connectivity index (χ0v) is 28.7. The molecule has 2 aliphatic heterocycles. The Kier molecular flexibility index (Phi) is 7.18. The first-order chi connectivity index (χ1) is 25.8. The largest absolute Gasteiger partial charge is 0.311 e. The fourth-order valence-corrected chi connectivity index (χ4v) is 8.89. The van der Waals surface area contributed by atoms with E-state index in [9.17, 15) is 0 Å². The van der Waals surface area contributed by atoms with Gasteiger partial charge in [0, 0.05) is 34.1 Å². The minimum Gasteiger partial charge on any atom is -0.311 e. The van der Waals surface area contributed by atoms with Crippen molar-refractivity contribution in [2.75, 3.05) is 9.80 Å². The van der Waals surface area contributed by atoms with Crippen LogP contribution in [-0.2, 0) is 5.41 Å². The minimum absolute atomic E-state index is 0.121. The maximum atomic E-state index is 2.47. The smallest absolute Gasteiger partial charge is 0.252 e. The Balaban J connectivity index is 1.18. The van der Waals surface area contributed by atoms with Gasteiger partial charge in [-0.1, -0.05) is 164 Å². The Morgan fingerprint density at radius 3 is 1.10 bits per heavy atom. The summed E-state index contributed by atoms with van der Waals surface area (Å²) in [5.74, 6) is 0. The van der Waals surface area contributed by atoms with Crippen LogP contribution in [0.25, 0.3) is 0 Å². The Bertz CT molecular complexity index is 2420. The number of rotatable bonds is 6. The van der Waals surface area contributed by atoms with Gasteiger partial charge in [-0.05, 0) is 87.2 Å². The molecular formula is C49H35BN2. The van der Waals surface area contributed by atoms with Crippen LogP contribution in [0.1, 0.15) is 22.3 Å². The topological polar surface area (TPSA) is 6.48 Å². The molecule has 52 heavy (non-hydrogen) atoms. The molecule has 0 aromatic heterocycles. The third kappa shape index (κ3) is 4.53. The van der Waals surface area contributed by atoms with Gasteiger partial charge >= 0.3 is 0 Å². The van der Waals surface area contributed by atoms with Crippen molar-refractivity contribution < 1.29 is 0 Å². The summed E-state index contributed by atoms with van der Waals surface area (Å²) in [6.07, 6.45) is 0. The molecule has 0 unspecified atom stereocenters. The fourth-order valence-electron chi connectivity index (χ4n) is 8.89. The molecule has 0 bridgehead atoms. The molecule has 0 fully saturated rings. The van der Waals surface area contributed by atoms with Crippen molar-refractivity contribution >= 4 is 57.2 Å². The normalized spacial score (nSPS) is 12.9. The summed E-state index contributed by atoms with van der Waals surface area (Å²) in [4.78, 5) is 4.91. The van der Waals surface area contributed by atoms with E-state index in [1.54, 1.807) is 0 Å². The summed E-state index contributed by atoms with van der Waals surface area (Å²) in [5.41, 5.74) is 15.6. The van der Waals surface area contributed by atoms with Crippen LogP contribution in [0.15, 0.2) is 212 Å². The van der Waals surface area contributed by atoms with Gasteiger partial charge in [-0.15, -0.1) is 0 Å². The van der Waals surface area contributed by atoms with Crippen LogP contribution in [0.2, 0.25) is 0 Å². The SMILES string of the molecule is c1ccc(N2c3ccccc3B3c4ccccc4N(c4ccc(C(c5ccccc5)(c5ccccc5)c5ccccc5)cc4)c4cccc2c43)cc1. The van der Waals surface area contributed by atoms with E-state index < -0.39 is 5.41 Å². The number of anilines is 6. The van der Waals surface area contributed by atoms with Crippen molar-refractivity contribution in [2.45, 2.75) is 5.41 Å². The van der Waals surface area contributed by atoms with Gasteiger partial charge in [-0.2, -0.15) is 0 Å². The number of fused-ring (bicyclic) bond motifs is 4. The zero-order valence-electron chi connectivity index (χ0n) is 28.7. The molecule has 3 heteroatoms. The Morgan fingerprint density at radius 1 is 0.288 bits per heavy atom. The second kappa shape index (κ2) is 12.3. The van der Waals surface area contributed by atoms with Gasteiger partial charge in [0.15, 0.2) is 0 Å². The highest BCUT2D eigenvalue weighted by molar-refractivity contribution is 7.00. The highest BCUT2D eigenvalue weighted by Gasteiger charge is 2.43. The van der Waals surface area contributed by atoms with Crippen molar-refractivity contribution in [1.82, 2.24) is 0 Å². The van der Waals surface area contributed by atoms with Gasteiger partial charge in [0.2, 0.25) is 0 Å². The molecule has 0 spiro atoms. The van der Waals surface area contributed by atoms with Crippen LogP contribution in [0.5, 0.6) is 0 Å². The first-order valence-corrected chi connectivity index (χ1v) is 18.1. The van der Waals surface area contributed by atoms with E-state index >= 15 is 0 Å². The highest BCUT2D eigenvalue weighted by Crippen LogP contribution is 2.47. The molecule has 0 radical (unpaired) electrons. The third-order valence-electron chi connectivity index (χ3n) is 11.0. The maximum Gasteiger partial charge on any atom is 0.252 e. The van der Waals surface area contributed by atoms with Crippen molar-refractivity contribution in [2.24, 2.45) is 0 Å². The summed E-state index contributed by atoms with van der Waals surface area (Å²) in [7, 11) is 0. The Morgan fingerprint density at radius 2 is 0.635 bits per heavy atom. The van der Waals surface area contributed by atoms with Gasteiger partial charge < -0.3 is 9.80 Å². The lowest BCUT2D eigenvalue weighted by molar-refractivity contribution is 0.745. The summed E-state index contributed by atoms with van der Waals surface area (Å²) in [6.45, 7) is 0.121. The number of hydrogen-bond acceptors (Lipinski definition) is 2. The van der Waals surface area contributed by atoms with Gasteiger partial charge in [-0.25, -0.2) is 0 Å². The molecule has 0 aliphatic carbocycles. The minimum atomic E-state index is -0.501. The Labute approximate surface area is 306 Å². The van der Waals surface area contributed by atoms with E-state index in [1.807, 2.05) is 0 Å². The van der Waals surface area contributed by atoms with Crippen LogP contribution in [0.3, 0.4) is 0 Å². The molecular weight excluding hydrogens is 627 g/mol. The van der Waals surface area contributed by atoms with E-state index in [1.165, 1.54) is 61.4 Å². The molecule has 8 aromatic rings. The predicted molar refractivity (Wildman–Crippen MR) is 219 cm³/mol. The zero-order chi connectivity index (χ0) is 34.5. The van der Waals surface area contributed by atoms with E-state index in [-0.39, 0.29) is 6.71 Å². The molecule has 2 heterocycles. The van der Waals surface area contributed by atoms with E-state index in [4.69, 9.17) is 0 Å².